The standard InChI is InChI=1S/C34H55NO3/c1-20(2)27-23(36)19-34(29(38)35(10)30(3,4)5)18-13-22-21(28(27)34)11-12-25-32(22,8)16-14-24-31(6,7)26(37)15-17-33(24,25)9/h20-22,24-26,37H,11-19H2,1-10H3/t21?,22?,24?,25?,26-,32-,33-,34+/m0/s1. The first-order valence-corrected chi connectivity index (χ1v) is 15.7. The van der Waals surface area contributed by atoms with E-state index < -0.39 is 5.41 Å². The summed E-state index contributed by atoms with van der Waals surface area (Å²) in [5, 5.41) is 11.0. The highest BCUT2D eigenvalue weighted by Crippen LogP contribution is 2.73. The van der Waals surface area contributed by atoms with Gasteiger partial charge in [-0.2, -0.15) is 0 Å². The van der Waals surface area contributed by atoms with E-state index in [1.54, 1.807) is 0 Å². The van der Waals surface area contributed by atoms with Gasteiger partial charge in [-0.05, 0) is 129 Å². The summed E-state index contributed by atoms with van der Waals surface area (Å²) in [4.78, 5) is 30.0. The average molecular weight is 526 g/mol. The molecule has 38 heavy (non-hydrogen) atoms. The number of fused-ring (bicyclic) bond motifs is 7. The molecule has 0 heterocycles. The predicted octanol–water partition coefficient (Wildman–Crippen LogP) is 7.19. The van der Waals surface area contributed by atoms with Crippen LogP contribution in [-0.4, -0.2) is 40.4 Å². The predicted molar refractivity (Wildman–Crippen MR) is 153 cm³/mol. The molecule has 0 aromatic carbocycles. The van der Waals surface area contributed by atoms with Crippen LogP contribution in [0.3, 0.4) is 0 Å². The molecule has 0 aromatic rings. The quantitative estimate of drug-likeness (QED) is 0.415. The van der Waals surface area contributed by atoms with Crippen LogP contribution < -0.4 is 0 Å². The Balaban J connectivity index is 1.57. The zero-order valence-corrected chi connectivity index (χ0v) is 26.0. The number of aliphatic hydroxyl groups is 1. The summed E-state index contributed by atoms with van der Waals surface area (Å²) < 4.78 is 0. The van der Waals surface area contributed by atoms with E-state index in [1.807, 2.05) is 11.9 Å². The smallest absolute Gasteiger partial charge is 0.233 e. The molecule has 1 amide bonds. The van der Waals surface area contributed by atoms with Crippen molar-refractivity contribution in [1.82, 2.24) is 4.90 Å². The summed E-state index contributed by atoms with van der Waals surface area (Å²) in [5.74, 6) is 2.63. The fraction of sp³-hybridized carbons (Fsp3) is 0.882. The fourth-order valence-corrected chi connectivity index (χ4v) is 11.2. The zero-order chi connectivity index (χ0) is 28.2. The number of carbonyl (C=O) groups excluding carboxylic acids is 2. The average Bonchev–Trinajstić information content (AvgIpc) is 3.13. The van der Waals surface area contributed by atoms with Gasteiger partial charge in [0.15, 0.2) is 5.78 Å². The van der Waals surface area contributed by atoms with Crippen LogP contribution in [0.2, 0.25) is 0 Å². The number of aliphatic hydroxyl groups excluding tert-OH is 1. The molecule has 4 unspecified atom stereocenters. The third kappa shape index (κ3) is 3.63. The van der Waals surface area contributed by atoms with Crippen LogP contribution in [0.5, 0.6) is 0 Å². The molecule has 0 aliphatic heterocycles. The molecule has 5 aliphatic rings. The molecule has 4 heteroatoms. The minimum atomic E-state index is -0.638. The van der Waals surface area contributed by atoms with Crippen molar-refractivity contribution in [3.8, 4) is 0 Å². The van der Waals surface area contributed by atoms with Crippen molar-refractivity contribution in [2.45, 2.75) is 132 Å². The summed E-state index contributed by atoms with van der Waals surface area (Å²) in [6, 6.07) is 0. The minimum absolute atomic E-state index is 0.0396. The van der Waals surface area contributed by atoms with Gasteiger partial charge in [0, 0.05) is 19.0 Å². The molecule has 0 aromatic heterocycles. The van der Waals surface area contributed by atoms with Crippen molar-refractivity contribution in [3.05, 3.63) is 11.1 Å². The lowest BCUT2D eigenvalue weighted by molar-refractivity contribution is -0.203. The Morgan fingerprint density at radius 3 is 2.16 bits per heavy atom. The van der Waals surface area contributed by atoms with Gasteiger partial charge in [0.05, 0.1) is 11.5 Å². The maximum atomic E-state index is 14.4. The number of allylic oxidation sites excluding steroid dienone is 1. The molecule has 214 valence electrons. The second kappa shape index (κ2) is 8.67. The molecule has 4 saturated carbocycles. The molecular weight excluding hydrogens is 470 g/mol. The summed E-state index contributed by atoms with van der Waals surface area (Å²) in [5.41, 5.74) is 1.78. The van der Waals surface area contributed by atoms with Gasteiger partial charge in [0.2, 0.25) is 5.91 Å². The van der Waals surface area contributed by atoms with E-state index in [4.69, 9.17) is 0 Å². The maximum absolute atomic E-state index is 14.4. The van der Waals surface area contributed by atoms with Crippen molar-refractivity contribution >= 4 is 11.7 Å². The molecule has 0 saturated heterocycles. The molecular formula is C34H55NO3. The van der Waals surface area contributed by atoms with Crippen molar-refractivity contribution in [1.29, 1.82) is 0 Å². The van der Waals surface area contributed by atoms with Gasteiger partial charge in [-0.25, -0.2) is 0 Å². The van der Waals surface area contributed by atoms with Gasteiger partial charge >= 0.3 is 0 Å². The topological polar surface area (TPSA) is 57.6 Å². The van der Waals surface area contributed by atoms with Crippen molar-refractivity contribution in [2.24, 2.45) is 51.2 Å². The first kappa shape index (κ1) is 28.4. The van der Waals surface area contributed by atoms with E-state index in [0.29, 0.717) is 30.1 Å². The Kier molecular flexibility index (Phi) is 6.47. The normalized spacial score (nSPS) is 44.3. The van der Waals surface area contributed by atoms with E-state index in [1.165, 1.54) is 24.8 Å². The van der Waals surface area contributed by atoms with Crippen LogP contribution in [0.4, 0.5) is 0 Å². The summed E-state index contributed by atoms with van der Waals surface area (Å²) >= 11 is 0. The van der Waals surface area contributed by atoms with E-state index in [0.717, 1.165) is 37.7 Å². The van der Waals surface area contributed by atoms with Gasteiger partial charge in [0.25, 0.3) is 0 Å². The van der Waals surface area contributed by atoms with Crippen LogP contribution in [-0.2, 0) is 9.59 Å². The Hall–Kier alpha value is -1.16. The van der Waals surface area contributed by atoms with Crippen LogP contribution in [0.15, 0.2) is 11.1 Å². The van der Waals surface area contributed by atoms with Crippen LogP contribution in [0.25, 0.3) is 0 Å². The monoisotopic (exact) mass is 525 g/mol. The number of carbonyl (C=O) groups is 2. The van der Waals surface area contributed by atoms with E-state index in [9.17, 15) is 14.7 Å². The highest BCUT2D eigenvalue weighted by atomic mass is 16.3. The molecule has 5 rings (SSSR count). The number of ketones is 1. The van der Waals surface area contributed by atoms with Crippen LogP contribution >= 0.6 is 0 Å². The van der Waals surface area contributed by atoms with Gasteiger partial charge in [-0.1, -0.05) is 41.5 Å². The van der Waals surface area contributed by atoms with Gasteiger partial charge in [0.1, 0.15) is 0 Å². The molecule has 4 nitrogen and oxygen atoms in total. The number of hydrogen-bond acceptors (Lipinski definition) is 3. The SMILES string of the molecule is CC(C)C1=C2C3CCC4[C@@](C)(CCC5C(C)(C)[C@@H](O)CC[C@@]54C)C3CC[C@@]2(C(=O)N(C)C(C)(C)C)CC1=O. The minimum Gasteiger partial charge on any atom is -0.393 e. The third-order valence-electron chi connectivity index (χ3n) is 13.3. The number of hydrogen-bond donors (Lipinski definition) is 1. The Morgan fingerprint density at radius 2 is 1.55 bits per heavy atom. The summed E-state index contributed by atoms with van der Waals surface area (Å²) in [7, 11) is 1.94. The lowest BCUT2D eigenvalue weighted by Gasteiger charge is -2.68. The lowest BCUT2D eigenvalue weighted by Crippen LogP contribution is -2.63. The highest BCUT2D eigenvalue weighted by molar-refractivity contribution is 6.07. The molecule has 5 aliphatic carbocycles. The van der Waals surface area contributed by atoms with Gasteiger partial charge in [-0.15, -0.1) is 0 Å². The Bertz CT molecular complexity index is 1050. The number of Topliss-reactive ketones (excluding diaryl/α,β-unsaturated/α-hetero) is 1. The second-order valence-electron chi connectivity index (χ2n) is 16.6. The molecule has 8 atom stereocenters. The summed E-state index contributed by atoms with van der Waals surface area (Å²) in [6.45, 7) is 20.4. The maximum Gasteiger partial charge on any atom is 0.233 e. The van der Waals surface area contributed by atoms with Crippen LogP contribution in [0.1, 0.15) is 120 Å². The molecule has 1 N–H and O–H groups in total. The third-order valence-corrected chi connectivity index (χ3v) is 13.3. The first-order chi connectivity index (χ1) is 17.4. The van der Waals surface area contributed by atoms with E-state index in [2.05, 4.69) is 62.3 Å². The largest absolute Gasteiger partial charge is 0.393 e. The Morgan fingerprint density at radius 1 is 0.921 bits per heavy atom. The lowest BCUT2D eigenvalue weighted by atomic mass is 9.36. The van der Waals surface area contributed by atoms with Gasteiger partial charge < -0.3 is 10.0 Å². The highest BCUT2D eigenvalue weighted by Gasteiger charge is 2.67. The van der Waals surface area contributed by atoms with Crippen molar-refractivity contribution in [3.63, 3.8) is 0 Å². The number of rotatable bonds is 2. The number of nitrogens with zero attached hydrogens (tertiary/aromatic N) is 1. The van der Waals surface area contributed by atoms with E-state index in [-0.39, 0.29) is 45.5 Å². The fourth-order valence-electron chi connectivity index (χ4n) is 11.2. The molecule has 4 fully saturated rings. The number of amides is 1. The molecule has 0 bridgehead atoms. The second-order valence-corrected chi connectivity index (χ2v) is 16.6. The van der Waals surface area contributed by atoms with Gasteiger partial charge in [-0.3, -0.25) is 9.59 Å². The Labute approximate surface area is 232 Å². The summed E-state index contributed by atoms with van der Waals surface area (Å²) in [6.07, 6.45) is 8.75. The zero-order valence-electron chi connectivity index (χ0n) is 26.0. The molecule has 0 radical (unpaired) electrons. The van der Waals surface area contributed by atoms with Crippen molar-refractivity contribution < 1.29 is 14.7 Å². The van der Waals surface area contributed by atoms with Crippen molar-refractivity contribution in [2.75, 3.05) is 7.05 Å². The van der Waals surface area contributed by atoms with E-state index >= 15 is 0 Å². The van der Waals surface area contributed by atoms with Crippen LogP contribution in [0, 0.1) is 51.2 Å². The first-order valence-electron chi connectivity index (χ1n) is 15.7. The molecule has 0 spiro atoms.